The summed E-state index contributed by atoms with van der Waals surface area (Å²) in [5.74, 6) is 0.000963. The van der Waals surface area contributed by atoms with Crippen LogP contribution in [-0.4, -0.2) is 36.5 Å². The Morgan fingerprint density at radius 1 is 0.931 bits per heavy atom. The normalized spacial score (nSPS) is 14.2. The van der Waals surface area contributed by atoms with Gasteiger partial charge in [-0.25, -0.2) is 4.79 Å². The molecular weight excluding hydrogens is 366 g/mol. The molecule has 0 aromatic heterocycles. The summed E-state index contributed by atoms with van der Waals surface area (Å²) in [7, 11) is 1.59. The Hall–Kier alpha value is -3.34. The topological polar surface area (TPSA) is 55.8 Å². The number of carbonyl (C=O) groups is 2. The van der Waals surface area contributed by atoms with Gasteiger partial charge in [0.15, 0.2) is 6.10 Å². The maximum Gasteiger partial charge on any atom is 0.339 e. The smallest absolute Gasteiger partial charge is 0.339 e. The number of ether oxygens (including phenoxy) is 2. The van der Waals surface area contributed by atoms with E-state index in [1.165, 1.54) is 5.56 Å². The van der Waals surface area contributed by atoms with Crippen molar-refractivity contribution in [2.75, 3.05) is 13.7 Å². The number of benzene rings is 3. The van der Waals surface area contributed by atoms with E-state index in [-0.39, 0.29) is 5.91 Å². The molecule has 0 fully saturated rings. The first-order valence-corrected chi connectivity index (χ1v) is 9.71. The summed E-state index contributed by atoms with van der Waals surface area (Å²) in [5.41, 5.74) is 2.84. The van der Waals surface area contributed by atoms with Gasteiger partial charge in [-0.1, -0.05) is 48.5 Å². The average Bonchev–Trinajstić information content (AvgIpc) is 2.77. The van der Waals surface area contributed by atoms with Gasteiger partial charge in [-0.3, -0.25) is 4.79 Å². The van der Waals surface area contributed by atoms with Gasteiger partial charge in [0.05, 0.1) is 12.7 Å². The quantitative estimate of drug-likeness (QED) is 0.634. The van der Waals surface area contributed by atoms with Gasteiger partial charge in [-0.15, -0.1) is 0 Å². The van der Waals surface area contributed by atoms with Crippen molar-refractivity contribution in [3.05, 3.63) is 77.4 Å². The Morgan fingerprint density at radius 3 is 2.38 bits per heavy atom. The Morgan fingerprint density at radius 2 is 1.62 bits per heavy atom. The first kappa shape index (κ1) is 19.0. The zero-order valence-corrected chi connectivity index (χ0v) is 16.6. The van der Waals surface area contributed by atoms with Gasteiger partial charge in [-0.2, -0.15) is 0 Å². The van der Waals surface area contributed by atoms with Crippen LogP contribution < -0.4 is 4.74 Å². The van der Waals surface area contributed by atoms with E-state index in [0.717, 1.165) is 22.8 Å². The third-order valence-electron chi connectivity index (χ3n) is 5.40. The maximum atomic E-state index is 12.9. The molecule has 1 aliphatic rings. The molecule has 0 unspecified atom stereocenters. The first-order valence-electron chi connectivity index (χ1n) is 9.71. The minimum Gasteiger partial charge on any atom is -0.496 e. The van der Waals surface area contributed by atoms with E-state index in [4.69, 9.17) is 9.47 Å². The fourth-order valence-electron chi connectivity index (χ4n) is 3.84. The molecule has 3 aromatic carbocycles. The van der Waals surface area contributed by atoms with Crippen molar-refractivity contribution in [3.8, 4) is 5.75 Å². The fourth-order valence-corrected chi connectivity index (χ4v) is 3.84. The van der Waals surface area contributed by atoms with Crippen molar-refractivity contribution in [1.29, 1.82) is 0 Å². The minimum absolute atomic E-state index is 0.175. The van der Waals surface area contributed by atoms with E-state index in [1.54, 1.807) is 31.1 Å². The van der Waals surface area contributed by atoms with Crippen LogP contribution in [0.15, 0.2) is 60.7 Å². The molecule has 1 aliphatic heterocycles. The second-order valence-electron chi connectivity index (χ2n) is 7.19. The maximum absolute atomic E-state index is 12.9. The molecule has 148 valence electrons. The molecule has 4 rings (SSSR count). The Balaban J connectivity index is 1.50. The lowest BCUT2D eigenvalue weighted by atomic mass is 9.99. The molecule has 5 heteroatoms. The lowest BCUT2D eigenvalue weighted by Crippen LogP contribution is -2.42. The van der Waals surface area contributed by atoms with Gasteiger partial charge in [0.2, 0.25) is 0 Å². The standard InChI is InChI=1S/C24H23NO4/c1-16(23(26)25-14-13-17-7-3-4-8-18(17)15-25)29-24(27)21-11-12-22(28-2)20-10-6-5-9-19(20)21/h3-12,16H,13-15H2,1-2H3/t16-/m1/s1. The van der Waals surface area contributed by atoms with Crippen molar-refractivity contribution < 1.29 is 19.1 Å². The van der Waals surface area contributed by atoms with Crippen LogP contribution >= 0.6 is 0 Å². The molecule has 0 aliphatic carbocycles. The predicted molar refractivity (Wildman–Crippen MR) is 111 cm³/mol. The number of esters is 1. The number of methoxy groups -OCH3 is 1. The number of fused-ring (bicyclic) bond motifs is 2. The van der Waals surface area contributed by atoms with Gasteiger partial charge < -0.3 is 14.4 Å². The SMILES string of the molecule is COc1ccc(C(=O)O[C@H](C)C(=O)N2CCc3ccccc3C2)c2ccccc12. The van der Waals surface area contributed by atoms with Crippen LogP contribution in [0.5, 0.6) is 5.75 Å². The monoisotopic (exact) mass is 389 g/mol. The van der Waals surface area contributed by atoms with Crippen LogP contribution in [0.3, 0.4) is 0 Å². The number of rotatable bonds is 4. The van der Waals surface area contributed by atoms with Crippen molar-refractivity contribution in [1.82, 2.24) is 4.90 Å². The summed E-state index contributed by atoms with van der Waals surface area (Å²) in [4.78, 5) is 27.4. The Labute approximate surface area is 169 Å². The molecule has 0 bridgehead atoms. The molecule has 1 atom stereocenters. The fraction of sp³-hybridized carbons (Fsp3) is 0.250. The van der Waals surface area contributed by atoms with Crippen LogP contribution in [-0.2, 0) is 22.5 Å². The summed E-state index contributed by atoms with van der Waals surface area (Å²) < 4.78 is 10.9. The van der Waals surface area contributed by atoms with E-state index >= 15 is 0 Å². The molecule has 0 saturated heterocycles. The van der Waals surface area contributed by atoms with Gasteiger partial charge in [0, 0.05) is 18.5 Å². The van der Waals surface area contributed by atoms with E-state index in [9.17, 15) is 9.59 Å². The molecule has 29 heavy (non-hydrogen) atoms. The molecule has 1 amide bonds. The summed E-state index contributed by atoms with van der Waals surface area (Å²) in [6.07, 6.45) is -0.0419. The van der Waals surface area contributed by atoms with E-state index < -0.39 is 12.1 Å². The highest BCUT2D eigenvalue weighted by Crippen LogP contribution is 2.29. The highest BCUT2D eigenvalue weighted by molar-refractivity contribution is 6.07. The average molecular weight is 389 g/mol. The number of amides is 1. The van der Waals surface area contributed by atoms with Crippen molar-refractivity contribution in [2.45, 2.75) is 26.0 Å². The molecule has 1 heterocycles. The molecule has 0 spiro atoms. The van der Waals surface area contributed by atoms with Crippen LogP contribution in [0.2, 0.25) is 0 Å². The number of carbonyl (C=O) groups excluding carboxylic acids is 2. The van der Waals surface area contributed by atoms with Crippen LogP contribution in [0.4, 0.5) is 0 Å². The highest BCUT2D eigenvalue weighted by Gasteiger charge is 2.27. The zero-order chi connectivity index (χ0) is 20.4. The van der Waals surface area contributed by atoms with Gasteiger partial charge in [0.25, 0.3) is 5.91 Å². The van der Waals surface area contributed by atoms with E-state index in [1.807, 2.05) is 42.5 Å². The van der Waals surface area contributed by atoms with Crippen molar-refractivity contribution >= 4 is 22.6 Å². The summed E-state index contributed by atoms with van der Waals surface area (Å²) in [5, 5.41) is 1.57. The number of nitrogens with zero attached hydrogens (tertiary/aromatic N) is 1. The predicted octanol–water partition coefficient (Wildman–Crippen LogP) is 3.98. The molecule has 0 saturated carbocycles. The molecule has 0 N–H and O–H groups in total. The number of hydrogen-bond acceptors (Lipinski definition) is 4. The van der Waals surface area contributed by atoms with E-state index in [2.05, 4.69) is 6.07 Å². The summed E-state index contributed by atoms with van der Waals surface area (Å²) in [6, 6.07) is 19.0. The Kier molecular flexibility index (Phi) is 5.21. The lowest BCUT2D eigenvalue weighted by Gasteiger charge is -2.30. The van der Waals surface area contributed by atoms with E-state index in [0.29, 0.717) is 24.4 Å². The second-order valence-corrected chi connectivity index (χ2v) is 7.19. The molecular formula is C24H23NO4. The third kappa shape index (κ3) is 3.68. The summed E-state index contributed by atoms with van der Waals surface area (Å²) >= 11 is 0. The molecule has 3 aromatic rings. The second kappa shape index (κ2) is 7.95. The van der Waals surface area contributed by atoms with Crippen molar-refractivity contribution in [3.63, 3.8) is 0 Å². The first-order chi connectivity index (χ1) is 14.1. The van der Waals surface area contributed by atoms with Crippen LogP contribution in [0.1, 0.15) is 28.4 Å². The number of hydrogen-bond donors (Lipinski definition) is 0. The van der Waals surface area contributed by atoms with Crippen LogP contribution in [0.25, 0.3) is 10.8 Å². The molecule has 0 radical (unpaired) electrons. The Bertz CT molecular complexity index is 1080. The highest BCUT2D eigenvalue weighted by atomic mass is 16.5. The lowest BCUT2D eigenvalue weighted by molar-refractivity contribution is -0.140. The van der Waals surface area contributed by atoms with Gasteiger partial charge in [-0.05, 0) is 42.0 Å². The van der Waals surface area contributed by atoms with Crippen LogP contribution in [0, 0.1) is 0 Å². The third-order valence-corrected chi connectivity index (χ3v) is 5.40. The zero-order valence-electron chi connectivity index (χ0n) is 16.6. The van der Waals surface area contributed by atoms with Gasteiger partial charge in [0.1, 0.15) is 5.75 Å². The molecule has 5 nitrogen and oxygen atoms in total. The minimum atomic E-state index is -0.853. The van der Waals surface area contributed by atoms with Gasteiger partial charge >= 0.3 is 5.97 Å². The summed E-state index contributed by atoms with van der Waals surface area (Å²) in [6.45, 7) is 2.80. The van der Waals surface area contributed by atoms with Crippen molar-refractivity contribution in [2.24, 2.45) is 0 Å². The largest absolute Gasteiger partial charge is 0.496 e.